The van der Waals surface area contributed by atoms with Gasteiger partial charge in [-0.05, 0) is 69.4 Å². The third-order valence-corrected chi connectivity index (χ3v) is 4.08. The minimum absolute atomic E-state index is 0.481. The summed E-state index contributed by atoms with van der Waals surface area (Å²) >= 11 is 11.2. The van der Waals surface area contributed by atoms with Gasteiger partial charge in [0.1, 0.15) is 6.29 Å². The first-order valence-corrected chi connectivity index (χ1v) is 7.59. The third-order valence-electron chi connectivity index (χ3n) is 3.64. The Morgan fingerprint density at radius 1 is 1.05 bits per heavy atom. The van der Waals surface area contributed by atoms with Gasteiger partial charge in [0.25, 0.3) is 0 Å². The van der Waals surface area contributed by atoms with Gasteiger partial charge in [0.15, 0.2) is 0 Å². The Labute approximate surface area is 130 Å². The molecule has 0 amide bonds. The molecule has 0 atom stereocenters. The van der Waals surface area contributed by atoms with E-state index in [0.29, 0.717) is 21.9 Å². The quantitative estimate of drug-likeness (QED) is 0.779. The van der Waals surface area contributed by atoms with Crippen LogP contribution in [0.15, 0.2) is 18.2 Å². The second kappa shape index (κ2) is 8.63. The van der Waals surface area contributed by atoms with E-state index < -0.39 is 0 Å². The molecular formula is C15H22Cl2N2O. The minimum atomic E-state index is 0.481. The zero-order chi connectivity index (χ0) is 15.0. The first-order valence-electron chi connectivity index (χ1n) is 6.83. The molecule has 5 heteroatoms. The lowest BCUT2D eigenvalue weighted by Gasteiger charge is -2.20. The first-order chi connectivity index (χ1) is 9.63. The molecule has 0 bridgehead atoms. The fraction of sp³-hybridized carbons (Fsp3) is 0.533. The van der Waals surface area contributed by atoms with Gasteiger partial charge in [-0.15, -0.1) is 0 Å². The summed E-state index contributed by atoms with van der Waals surface area (Å²) in [6.07, 6.45) is 6.65. The molecule has 3 rings (SSSR count). The molecule has 1 aromatic carbocycles. The summed E-state index contributed by atoms with van der Waals surface area (Å²) in [5, 5.41) is 4.34. The molecule has 1 heterocycles. The number of halogens is 2. The van der Waals surface area contributed by atoms with Gasteiger partial charge >= 0.3 is 0 Å². The number of aldehydes is 1. The minimum Gasteiger partial charge on any atom is -0.333 e. The predicted octanol–water partition coefficient (Wildman–Crippen LogP) is 3.53. The van der Waals surface area contributed by atoms with Crippen molar-refractivity contribution < 1.29 is 4.79 Å². The van der Waals surface area contributed by atoms with Gasteiger partial charge in [-0.3, -0.25) is 4.79 Å². The van der Waals surface area contributed by atoms with Crippen LogP contribution >= 0.6 is 23.2 Å². The number of carbonyl (C=O) groups excluding carboxylic acids is 1. The van der Waals surface area contributed by atoms with Gasteiger partial charge < -0.3 is 11.1 Å². The second-order valence-corrected chi connectivity index (χ2v) is 5.94. The molecule has 1 aromatic rings. The van der Waals surface area contributed by atoms with E-state index in [0.717, 1.165) is 5.41 Å². The molecule has 3 nitrogen and oxygen atoms in total. The summed E-state index contributed by atoms with van der Waals surface area (Å²) in [7, 11) is 1.50. The molecule has 1 spiro atoms. The van der Waals surface area contributed by atoms with Crippen molar-refractivity contribution >= 4 is 29.5 Å². The summed E-state index contributed by atoms with van der Waals surface area (Å²) in [5.41, 5.74) is 5.86. The zero-order valence-corrected chi connectivity index (χ0v) is 13.3. The van der Waals surface area contributed by atoms with Crippen molar-refractivity contribution in [3.63, 3.8) is 0 Å². The molecule has 0 aromatic heterocycles. The first kappa shape index (κ1) is 17.4. The average molecular weight is 317 g/mol. The maximum atomic E-state index is 10.2. The SMILES string of the molecule is C1CC2(CCN1)CC2.CN.O=Cc1cc(Cl)cc(Cl)c1. The van der Waals surface area contributed by atoms with Crippen LogP contribution in [0.4, 0.5) is 0 Å². The molecular weight excluding hydrogens is 295 g/mol. The van der Waals surface area contributed by atoms with Crippen LogP contribution in [0.2, 0.25) is 10.0 Å². The highest BCUT2D eigenvalue weighted by molar-refractivity contribution is 6.35. The van der Waals surface area contributed by atoms with E-state index in [1.54, 1.807) is 18.2 Å². The third kappa shape index (κ3) is 5.80. The normalized spacial score (nSPS) is 18.2. The van der Waals surface area contributed by atoms with E-state index in [1.165, 1.54) is 45.8 Å². The van der Waals surface area contributed by atoms with Crippen molar-refractivity contribution in [3.05, 3.63) is 33.8 Å². The van der Waals surface area contributed by atoms with Gasteiger partial charge in [-0.1, -0.05) is 23.2 Å². The standard InChI is InChI=1S/C7H4Cl2O.C7H13N.CH5N/c8-6-1-5(4-10)2-7(9)3-6;1-2-7(1)3-5-8-6-4-7;1-2/h1-4H;8H,1-6H2;2H2,1H3. The van der Waals surface area contributed by atoms with Crippen LogP contribution < -0.4 is 11.1 Å². The van der Waals surface area contributed by atoms with Crippen LogP contribution in [-0.2, 0) is 0 Å². The highest BCUT2D eigenvalue weighted by atomic mass is 35.5. The number of hydrogen-bond donors (Lipinski definition) is 2. The van der Waals surface area contributed by atoms with Crippen molar-refractivity contribution in [2.75, 3.05) is 20.1 Å². The largest absolute Gasteiger partial charge is 0.333 e. The molecule has 0 unspecified atom stereocenters. The Bertz CT molecular complexity index is 406. The van der Waals surface area contributed by atoms with Gasteiger partial charge in [0.05, 0.1) is 0 Å². The second-order valence-electron chi connectivity index (χ2n) is 5.07. The van der Waals surface area contributed by atoms with Crippen LogP contribution in [0.3, 0.4) is 0 Å². The molecule has 1 saturated heterocycles. The van der Waals surface area contributed by atoms with E-state index in [9.17, 15) is 4.79 Å². The average Bonchev–Trinajstić information content (AvgIpc) is 3.20. The highest BCUT2D eigenvalue weighted by Crippen LogP contribution is 2.52. The topological polar surface area (TPSA) is 55.1 Å². The molecule has 1 saturated carbocycles. The Hall–Kier alpha value is -0.610. The summed E-state index contributed by atoms with van der Waals surface area (Å²) in [4.78, 5) is 10.2. The lowest BCUT2D eigenvalue weighted by atomic mass is 9.95. The Morgan fingerprint density at radius 2 is 1.55 bits per heavy atom. The van der Waals surface area contributed by atoms with Gasteiger partial charge in [0.2, 0.25) is 0 Å². The Balaban J connectivity index is 0.000000181. The summed E-state index contributed by atoms with van der Waals surface area (Å²) in [5.74, 6) is 0. The van der Waals surface area contributed by atoms with E-state index in [2.05, 4.69) is 11.1 Å². The molecule has 0 radical (unpaired) electrons. The molecule has 3 N–H and O–H groups in total. The van der Waals surface area contributed by atoms with E-state index in [-0.39, 0.29) is 0 Å². The highest BCUT2D eigenvalue weighted by Gasteiger charge is 2.42. The van der Waals surface area contributed by atoms with Crippen molar-refractivity contribution in [2.24, 2.45) is 11.1 Å². The number of nitrogens with one attached hydrogen (secondary N) is 1. The Morgan fingerprint density at radius 3 is 1.90 bits per heavy atom. The van der Waals surface area contributed by atoms with Gasteiger partial charge in [-0.2, -0.15) is 0 Å². The van der Waals surface area contributed by atoms with Crippen LogP contribution in [0.1, 0.15) is 36.0 Å². The number of benzene rings is 1. The van der Waals surface area contributed by atoms with Crippen LogP contribution in [-0.4, -0.2) is 26.4 Å². The molecule has 2 fully saturated rings. The maximum Gasteiger partial charge on any atom is 0.150 e. The lowest BCUT2D eigenvalue weighted by Crippen LogP contribution is -2.28. The summed E-state index contributed by atoms with van der Waals surface area (Å²) in [6, 6.07) is 4.69. The van der Waals surface area contributed by atoms with Crippen molar-refractivity contribution in [2.45, 2.75) is 25.7 Å². The number of carbonyl (C=O) groups is 1. The summed E-state index contributed by atoms with van der Waals surface area (Å²) in [6.45, 7) is 2.56. The van der Waals surface area contributed by atoms with Crippen molar-refractivity contribution in [1.82, 2.24) is 5.32 Å². The van der Waals surface area contributed by atoms with Crippen LogP contribution in [0, 0.1) is 5.41 Å². The molecule has 2 aliphatic rings. The number of hydrogen-bond acceptors (Lipinski definition) is 3. The zero-order valence-electron chi connectivity index (χ0n) is 11.8. The summed E-state index contributed by atoms with van der Waals surface area (Å²) < 4.78 is 0. The van der Waals surface area contributed by atoms with Crippen molar-refractivity contribution in [3.8, 4) is 0 Å². The molecule has 112 valence electrons. The van der Waals surface area contributed by atoms with E-state index in [4.69, 9.17) is 23.2 Å². The van der Waals surface area contributed by atoms with E-state index >= 15 is 0 Å². The fourth-order valence-corrected chi connectivity index (χ4v) is 2.82. The molecule has 1 aliphatic carbocycles. The monoisotopic (exact) mass is 316 g/mol. The number of rotatable bonds is 1. The maximum absolute atomic E-state index is 10.2. The lowest BCUT2D eigenvalue weighted by molar-refractivity contribution is 0.112. The molecule has 1 aliphatic heterocycles. The predicted molar refractivity (Wildman–Crippen MR) is 85.7 cm³/mol. The number of nitrogens with two attached hydrogens (primary N) is 1. The smallest absolute Gasteiger partial charge is 0.150 e. The number of piperidine rings is 1. The fourth-order valence-electron chi connectivity index (χ4n) is 2.28. The van der Waals surface area contributed by atoms with E-state index in [1.807, 2.05) is 0 Å². The van der Waals surface area contributed by atoms with Gasteiger partial charge in [-0.25, -0.2) is 0 Å². The van der Waals surface area contributed by atoms with Crippen molar-refractivity contribution in [1.29, 1.82) is 0 Å². The Kier molecular flexibility index (Phi) is 7.52. The van der Waals surface area contributed by atoms with Crippen LogP contribution in [0.25, 0.3) is 0 Å². The molecule has 20 heavy (non-hydrogen) atoms. The van der Waals surface area contributed by atoms with Gasteiger partial charge in [0, 0.05) is 15.6 Å². The van der Waals surface area contributed by atoms with Crippen LogP contribution in [0.5, 0.6) is 0 Å².